The molecule has 0 aromatic heterocycles. The second-order valence-electron chi connectivity index (χ2n) is 2.15. The van der Waals surface area contributed by atoms with Crippen LogP contribution in [-0.2, 0) is 4.74 Å². The van der Waals surface area contributed by atoms with Crippen molar-refractivity contribution in [3.63, 3.8) is 0 Å². The molecule has 0 aliphatic heterocycles. The van der Waals surface area contributed by atoms with Crippen LogP contribution in [0.15, 0.2) is 0 Å². The van der Waals surface area contributed by atoms with E-state index in [4.69, 9.17) is 17.7 Å². The molecule has 0 saturated heterocycles. The SMILES string of the molecule is [B]C1C(O)CC1OC. The van der Waals surface area contributed by atoms with Crippen molar-refractivity contribution in [1.29, 1.82) is 0 Å². The predicted molar refractivity (Wildman–Crippen MR) is 30.9 cm³/mol. The van der Waals surface area contributed by atoms with Gasteiger partial charge in [-0.15, -0.1) is 0 Å². The molecule has 0 spiro atoms. The van der Waals surface area contributed by atoms with Gasteiger partial charge in [0.25, 0.3) is 0 Å². The first-order chi connectivity index (χ1) is 3.75. The van der Waals surface area contributed by atoms with Gasteiger partial charge in [-0.1, -0.05) is 0 Å². The van der Waals surface area contributed by atoms with Gasteiger partial charge in [0.2, 0.25) is 0 Å². The lowest BCUT2D eigenvalue weighted by molar-refractivity contribution is -0.0482. The Morgan fingerprint density at radius 2 is 2.38 bits per heavy atom. The number of hydrogen-bond donors (Lipinski definition) is 1. The van der Waals surface area contributed by atoms with E-state index in [2.05, 4.69) is 0 Å². The van der Waals surface area contributed by atoms with Crippen molar-refractivity contribution in [1.82, 2.24) is 0 Å². The lowest BCUT2D eigenvalue weighted by Gasteiger charge is -2.38. The van der Waals surface area contributed by atoms with Crippen LogP contribution in [0.4, 0.5) is 0 Å². The zero-order valence-corrected chi connectivity index (χ0v) is 4.87. The maximum Gasteiger partial charge on any atom is 0.0770 e. The summed E-state index contributed by atoms with van der Waals surface area (Å²) in [6.45, 7) is 0. The molecule has 2 nitrogen and oxygen atoms in total. The second-order valence-corrected chi connectivity index (χ2v) is 2.15. The predicted octanol–water partition coefficient (Wildman–Crippen LogP) is -0.277. The molecule has 1 aliphatic carbocycles. The first kappa shape index (κ1) is 6.11. The summed E-state index contributed by atoms with van der Waals surface area (Å²) in [7, 11) is 7.01. The van der Waals surface area contributed by atoms with E-state index >= 15 is 0 Å². The fraction of sp³-hybridized carbons (Fsp3) is 1.00. The van der Waals surface area contributed by atoms with Crippen LogP contribution in [-0.4, -0.2) is 32.3 Å². The Bertz CT molecular complexity index is 86.5. The molecule has 3 heteroatoms. The minimum Gasteiger partial charge on any atom is -0.393 e. The van der Waals surface area contributed by atoms with E-state index in [1.165, 1.54) is 0 Å². The molecule has 0 amide bonds. The molecule has 0 bridgehead atoms. The third-order valence-electron chi connectivity index (χ3n) is 1.65. The van der Waals surface area contributed by atoms with Crippen molar-refractivity contribution in [2.75, 3.05) is 7.11 Å². The quantitative estimate of drug-likeness (QED) is 0.473. The highest BCUT2D eigenvalue weighted by atomic mass is 16.5. The summed E-state index contributed by atoms with van der Waals surface area (Å²) in [6, 6.07) is 0. The molecule has 3 unspecified atom stereocenters. The molecule has 3 atom stereocenters. The lowest BCUT2D eigenvalue weighted by atomic mass is 9.66. The van der Waals surface area contributed by atoms with Crippen LogP contribution in [0.1, 0.15) is 6.42 Å². The Hall–Kier alpha value is -0.0151. The minimum atomic E-state index is -0.333. The maximum atomic E-state index is 8.81. The van der Waals surface area contributed by atoms with Crippen molar-refractivity contribution in [2.45, 2.75) is 24.4 Å². The summed E-state index contributed by atoms with van der Waals surface area (Å²) in [5.74, 6) is -0.153. The van der Waals surface area contributed by atoms with E-state index in [-0.39, 0.29) is 18.0 Å². The van der Waals surface area contributed by atoms with Gasteiger partial charge in [0.15, 0.2) is 0 Å². The molecular formula is C5H9BO2. The Kier molecular flexibility index (Phi) is 1.58. The molecule has 0 aromatic rings. The van der Waals surface area contributed by atoms with Crippen LogP contribution in [0.5, 0.6) is 0 Å². The topological polar surface area (TPSA) is 29.5 Å². The van der Waals surface area contributed by atoms with Crippen molar-refractivity contribution < 1.29 is 9.84 Å². The van der Waals surface area contributed by atoms with Crippen LogP contribution in [0, 0.1) is 0 Å². The standard InChI is InChI=1S/C5H9BO2/c1-8-4-2-3(7)5(4)6/h3-5,7H,2H2,1H3. The van der Waals surface area contributed by atoms with Gasteiger partial charge in [0.1, 0.15) is 0 Å². The minimum absolute atomic E-state index is 0.0880. The Labute approximate surface area is 50.3 Å². The van der Waals surface area contributed by atoms with Gasteiger partial charge in [-0.3, -0.25) is 0 Å². The first-order valence-electron chi connectivity index (χ1n) is 2.72. The summed E-state index contributed by atoms with van der Waals surface area (Å²) >= 11 is 0. The largest absolute Gasteiger partial charge is 0.393 e. The molecule has 1 fully saturated rings. The lowest BCUT2D eigenvalue weighted by Crippen LogP contribution is -2.42. The number of rotatable bonds is 1. The van der Waals surface area contributed by atoms with Gasteiger partial charge in [0, 0.05) is 7.11 Å². The van der Waals surface area contributed by atoms with Gasteiger partial charge in [-0.2, -0.15) is 0 Å². The van der Waals surface area contributed by atoms with Crippen LogP contribution < -0.4 is 0 Å². The van der Waals surface area contributed by atoms with Gasteiger partial charge in [0.05, 0.1) is 20.1 Å². The summed E-state index contributed by atoms with van der Waals surface area (Å²) in [5, 5.41) is 8.81. The molecule has 0 aromatic carbocycles. The highest BCUT2D eigenvalue weighted by molar-refractivity contribution is 6.13. The number of hydrogen-bond acceptors (Lipinski definition) is 2. The fourth-order valence-corrected chi connectivity index (χ4v) is 0.858. The molecule has 1 aliphatic rings. The van der Waals surface area contributed by atoms with E-state index in [9.17, 15) is 0 Å². The monoisotopic (exact) mass is 112 g/mol. The van der Waals surface area contributed by atoms with E-state index in [1.807, 2.05) is 0 Å². The van der Waals surface area contributed by atoms with E-state index < -0.39 is 0 Å². The van der Waals surface area contributed by atoms with Gasteiger partial charge in [-0.05, 0) is 12.2 Å². The van der Waals surface area contributed by atoms with Crippen molar-refractivity contribution in [3.05, 3.63) is 0 Å². The van der Waals surface area contributed by atoms with E-state index in [0.717, 1.165) is 0 Å². The zero-order chi connectivity index (χ0) is 6.15. The molecule has 1 saturated carbocycles. The molecule has 0 heterocycles. The number of methoxy groups -OCH3 is 1. The molecule has 8 heavy (non-hydrogen) atoms. The first-order valence-corrected chi connectivity index (χ1v) is 2.72. The van der Waals surface area contributed by atoms with E-state index in [1.54, 1.807) is 7.11 Å². The summed E-state index contributed by atoms with van der Waals surface area (Å²) < 4.78 is 4.88. The Morgan fingerprint density at radius 1 is 1.75 bits per heavy atom. The maximum absolute atomic E-state index is 8.81. The molecular weight excluding hydrogens is 103 g/mol. The third kappa shape index (κ3) is 0.760. The second kappa shape index (κ2) is 2.07. The van der Waals surface area contributed by atoms with Crippen molar-refractivity contribution in [2.24, 2.45) is 0 Å². The van der Waals surface area contributed by atoms with Crippen molar-refractivity contribution in [3.8, 4) is 0 Å². The third-order valence-corrected chi connectivity index (χ3v) is 1.65. The zero-order valence-electron chi connectivity index (χ0n) is 4.87. The molecule has 1 rings (SSSR count). The average molecular weight is 112 g/mol. The number of aliphatic hydroxyl groups excluding tert-OH is 1. The van der Waals surface area contributed by atoms with Crippen molar-refractivity contribution >= 4 is 7.85 Å². The Morgan fingerprint density at radius 3 is 2.50 bits per heavy atom. The van der Waals surface area contributed by atoms with Gasteiger partial charge in [-0.25, -0.2) is 0 Å². The van der Waals surface area contributed by atoms with Crippen LogP contribution in [0.25, 0.3) is 0 Å². The molecule has 2 radical (unpaired) electrons. The van der Waals surface area contributed by atoms with Crippen LogP contribution in [0.2, 0.25) is 5.82 Å². The van der Waals surface area contributed by atoms with Gasteiger partial charge >= 0.3 is 0 Å². The number of aliphatic hydroxyl groups is 1. The fourth-order valence-electron chi connectivity index (χ4n) is 0.858. The average Bonchev–Trinajstić information content (AvgIpc) is 1.81. The molecule has 44 valence electrons. The van der Waals surface area contributed by atoms with Crippen LogP contribution >= 0.6 is 0 Å². The van der Waals surface area contributed by atoms with E-state index in [0.29, 0.717) is 6.42 Å². The number of ether oxygens (including phenoxy) is 1. The Balaban J connectivity index is 2.25. The summed E-state index contributed by atoms with van der Waals surface area (Å²) in [5.41, 5.74) is 0. The summed E-state index contributed by atoms with van der Waals surface area (Å²) in [4.78, 5) is 0. The highest BCUT2D eigenvalue weighted by Gasteiger charge is 2.35. The highest BCUT2D eigenvalue weighted by Crippen LogP contribution is 2.32. The normalized spacial score (nSPS) is 46.0. The van der Waals surface area contributed by atoms with Gasteiger partial charge < -0.3 is 9.84 Å². The van der Waals surface area contributed by atoms with Crippen LogP contribution in [0.3, 0.4) is 0 Å². The smallest absolute Gasteiger partial charge is 0.0770 e. The molecule has 1 N–H and O–H groups in total. The summed E-state index contributed by atoms with van der Waals surface area (Å²) in [6.07, 6.45) is 0.447.